The Morgan fingerprint density at radius 2 is 1.71 bits per heavy atom. The monoisotopic (exact) mass is 440 g/mol. The second-order valence-electron chi connectivity index (χ2n) is 6.86. The molecule has 0 radical (unpaired) electrons. The van der Waals surface area contributed by atoms with Gasteiger partial charge in [0.1, 0.15) is 29.5 Å². The Hall–Kier alpha value is -3.37. The molecule has 170 valence electrons. The zero-order chi connectivity index (χ0) is 23.4. The molecule has 0 aliphatic heterocycles. The van der Waals surface area contributed by atoms with Crippen LogP contribution in [0.25, 0.3) is 0 Å². The van der Waals surface area contributed by atoms with Gasteiger partial charge in [0.2, 0.25) is 17.7 Å². The van der Waals surface area contributed by atoms with Crippen molar-refractivity contribution in [1.82, 2.24) is 16.0 Å². The lowest BCUT2D eigenvalue weighted by Gasteiger charge is -2.21. The van der Waals surface area contributed by atoms with E-state index in [0.29, 0.717) is 25.7 Å². The fraction of sp³-hybridized carbons (Fsp3) is 0.450. The van der Waals surface area contributed by atoms with E-state index in [1.165, 1.54) is 6.92 Å². The van der Waals surface area contributed by atoms with Crippen LogP contribution < -0.4 is 21.7 Å². The predicted molar refractivity (Wildman–Crippen MR) is 107 cm³/mol. The first kappa shape index (κ1) is 25.7. The number of rotatable bonds is 13. The number of amides is 4. The number of hydrogen-bond acceptors (Lipinski definition) is 5. The van der Waals surface area contributed by atoms with E-state index in [1.807, 2.05) is 0 Å². The van der Waals surface area contributed by atoms with Crippen molar-refractivity contribution >= 4 is 29.9 Å². The van der Waals surface area contributed by atoms with Crippen LogP contribution in [0.1, 0.15) is 49.4 Å². The molecule has 0 spiro atoms. The number of benzene rings is 1. The number of nitrogens with two attached hydrogens (primary N) is 1. The fourth-order valence-electron chi connectivity index (χ4n) is 2.71. The predicted octanol–water partition coefficient (Wildman–Crippen LogP) is 0.319. The van der Waals surface area contributed by atoms with Crippen molar-refractivity contribution in [2.45, 2.75) is 51.1 Å². The van der Waals surface area contributed by atoms with Crippen molar-refractivity contribution in [2.24, 2.45) is 5.73 Å². The Balaban J connectivity index is 2.78. The van der Waals surface area contributed by atoms with Crippen LogP contribution in [0, 0.1) is 11.6 Å². The molecule has 11 heteroatoms. The third-order valence-corrected chi connectivity index (χ3v) is 4.30. The number of nitrogens with one attached hydrogen (secondary N) is 3. The maximum Gasteiger partial charge on any atom is 0.257 e. The van der Waals surface area contributed by atoms with E-state index in [-0.39, 0.29) is 25.2 Å². The minimum atomic E-state index is -1.35. The number of aldehydes is 1. The van der Waals surface area contributed by atoms with Crippen molar-refractivity contribution in [1.29, 1.82) is 0 Å². The van der Waals surface area contributed by atoms with Crippen molar-refractivity contribution in [3.63, 3.8) is 0 Å². The van der Waals surface area contributed by atoms with Crippen LogP contribution in [-0.2, 0) is 19.2 Å². The molecule has 0 saturated carbocycles. The van der Waals surface area contributed by atoms with Crippen LogP contribution in [-0.4, -0.2) is 48.5 Å². The summed E-state index contributed by atoms with van der Waals surface area (Å²) in [5.41, 5.74) is 4.21. The SMILES string of the molecule is CC(=O)NCCCC[C@@H](C=O)NC(=O)[C@H](CCC(N)=O)NC(=O)c1c(F)cccc1F. The number of carbonyl (C=O) groups is 5. The first-order valence-corrected chi connectivity index (χ1v) is 9.69. The van der Waals surface area contributed by atoms with E-state index in [9.17, 15) is 32.8 Å². The molecule has 0 aliphatic carbocycles. The van der Waals surface area contributed by atoms with E-state index in [0.717, 1.165) is 18.2 Å². The maximum absolute atomic E-state index is 13.8. The van der Waals surface area contributed by atoms with Crippen LogP contribution in [0.15, 0.2) is 18.2 Å². The summed E-state index contributed by atoms with van der Waals surface area (Å²) in [6.45, 7) is 1.79. The van der Waals surface area contributed by atoms with Gasteiger partial charge in [0.25, 0.3) is 5.91 Å². The Labute approximate surface area is 178 Å². The highest BCUT2D eigenvalue weighted by Crippen LogP contribution is 2.13. The number of unbranched alkanes of at least 4 members (excludes halogenated alkanes) is 1. The third kappa shape index (κ3) is 9.32. The Morgan fingerprint density at radius 1 is 1.06 bits per heavy atom. The average molecular weight is 440 g/mol. The number of halogens is 2. The molecule has 4 amide bonds. The van der Waals surface area contributed by atoms with Crippen LogP contribution in [0.2, 0.25) is 0 Å². The topological polar surface area (TPSA) is 147 Å². The second kappa shape index (κ2) is 13.0. The summed E-state index contributed by atoms with van der Waals surface area (Å²) < 4.78 is 27.7. The van der Waals surface area contributed by atoms with Gasteiger partial charge in [0.05, 0.1) is 6.04 Å². The normalized spacial score (nSPS) is 12.4. The summed E-state index contributed by atoms with van der Waals surface area (Å²) >= 11 is 0. The molecule has 0 fully saturated rings. The third-order valence-electron chi connectivity index (χ3n) is 4.30. The molecule has 5 N–H and O–H groups in total. The van der Waals surface area contributed by atoms with Gasteiger partial charge in [-0.15, -0.1) is 0 Å². The Morgan fingerprint density at radius 3 is 2.26 bits per heavy atom. The smallest absolute Gasteiger partial charge is 0.257 e. The largest absolute Gasteiger partial charge is 0.370 e. The van der Waals surface area contributed by atoms with Gasteiger partial charge in [-0.3, -0.25) is 19.2 Å². The Kier molecular flexibility index (Phi) is 10.8. The first-order chi connectivity index (χ1) is 14.6. The summed E-state index contributed by atoms with van der Waals surface area (Å²) in [6.07, 6.45) is 1.38. The van der Waals surface area contributed by atoms with Crippen LogP contribution in [0.3, 0.4) is 0 Å². The molecule has 1 aromatic rings. The number of carbonyl (C=O) groups excluding carboxylic acids is 5. The summed E-state index contributed by atoms with van der Waals surface area (Å²) in [5, 5.41) is 7.22. The molecule has 0 unspecified atom stereocenters. The van der Waals surface area contributed by atoms with Crippen molar-refractivity contribution < 1.29 is 32.8 Å². The second-order valence-corrected chi connectivity index (χ2v) is 6.86. The van der Waals surface area contributed by atoms with E-state index in [2.05, 4.69) is 16.0 Å². The standard InChI is InChI=1S/C20H26F2N4O5/c1-12(28)24-10-3-2-5-13(11-27)25-19(30)16(8-9-17(23)29)26-20(31)18-14(21)6-4-7-15(18)22/h4,6-7,11,13,16H,2-3,5,8-10H2,1H3,(H2,23,29)(H,24,28)(H,25,30)(H,26,31)/t13-,16-/m0/s1. The quantitative estimate of drug-likeness (QED) is 0.258. The minimum Gasteiger partial charge on any atom is -0.370 e. The Bertz CT molecular complexity index is 799. The fourth-order valence-corrected chi connectivity index (χ4v) is 2.71. The molecule has 1 aromatic carbocycles. The highest BCUT2D eigenvalue weighted by Gasteiger charge is 2.26. The zero-order valence-corrected chi connectivity index (χ0v) is 17.1. The lowest BCUT2D eigenvalue weighted by atomic mass is 10.1. The van der Waals surface area contributed by atoms with Crippen molar-refractivity contribution in [2.75, 3.05) is 6.54 Å². The van der Waals surface area contributed by atoms with E-state index < -0.39 is 47.0 Å². The first-order valence-electron chi connectivity index (χ1n) is 9.69. The van der Waals surface area contributed by atoms with E-state index in [4.69, 9.17) is 5.73 Å². The molecule has 0 heterocycles. The summed E-state index contributed by atoms with van der Waals surface area (Å²) in [6, 6.07) is 0.628. The van der Waals surface area contributed by atoms with Crippen LogP contribution >= 0.6 is 0 Å². The van der Waals surface area contributed by atoms with E-state index in [1.54, 1.807) is 0 Å². The summed E-state index contributed by atoms with van der Waals surface area (Å²) in [5.74, 6) is -5.13. The minimum absolute atomic E-state index is 0.181. The number of primary amides is 1. The van der Waals surface area contributed by atoms with E-state index >= 15 is 0 Å². The van der Waals surface area contributed by atoms with Gasteiger partial charge < -0.3 is 26.5 Å². The molecular formula is C20H26F2N4O5. The highest BCUT2D eigenvalue weighted by atomic mass is 19.1. The van der Waals surface area contributed by atoms with Crippen molar-refractivity contribution in [3.8, 4) is 0 Å². The lowest BCUT2D eigenvalue weighted by molar-refractivity contribution is -0.126. The molecule has 0 saturated heterocycles. The molecule has 31 heavy (non-hydrogen) atoms. The molecular weight excluding hydrogens is 414 g/mol. The van der Waals surface area contributed by atoms with Gasteiger partial charge in [-0.05, 0) is 37.8 Å². The molecule has 0 bridgehead atoms. The number of hydrogen-bond donors (Lipinski definition) is 4. The maximum atomic E-state index is 13.8. The summed E-state index contributed by atoms with van der Waals surface area (Å²) in [4.78, 5) is 58.1. The van der Waals surface area contributed by atoms with Gasteiger partial charge in [0.15, 0.2) is 0 Å². The van der Waals surface area contributed by atoms with Gasteiger partial charge in [-0.2, -0.15) is 0 Å². The molecule has 9 nitrogen and oxygen atoms in total. The molecule has 1 rings (SSSR count). The van der Waals surface area contributed by atoms with Crippen molar-refractivity contribution in [3.05, 3.63) is 35.4 Å². The van der Waals surface area contributed by atoms with Crippen LogP contribution in [0.5, 0.6) is 0 Å². The average Bonchev–Trinajstić information content (AvgIpc) is 2.69. The highest BCUT2D eigenvalue weighted by molar-refractivity contribution is 5.98. The van der Waals surface area contributed by atoms with Gasteiger partial charge in [-0.1, -0.05) is 6.07 Å². The van der Waals surface area contributed by atoms with Crippen LogP contribution in [0.4, 0.5) is 8.78 Å². The lowest BCUT2D eigenvalue weighted by Crippen LogP contribution is -2.50. The van der Waals surface area contributed by atoms with Gasteiger partial charge >= 0.3 is 0 Å². The van der Waals surface area contributed by atoms with Gasteiger partial charge in [-0.25, -0.2) is 8.78 Å². The molecule has 0 aromatic heterocycles. The molecule has 0 aliphatic rings. The van der Waals surface area contributed by atoms with Gasteiger partial charge in [0, 0.05) is 19.9 Å². The summed E-state index contributed by atoms with van der Waals surface area (Å²) in [7, 11) is 0. The zero-order valence-electron chi connectivity index (χ0n) is 17.1. The molecule has 2 atom stereocenters.